The minimum absolute atomic E-state index is 0.867. The maximum Gasteiger partial charge on any atom is 0.183 e. The van der Waals surface area contributed by atoms with E-state index >= 15 is 0 Å². The Balaban J connectivity index is 1.90. The first-order valence-corrected chi connectivity index (χ1v) is 7.55. The van der Waals surface area contributed by atoms with Gasteiger partial charge in [-0.25, -0.2) is 4.98 Å². The highest BCUT2D eigenvalue weighted by molar-refractivity contribution is 7.14. The lowest BCUT2D eigenvalue weighted by atomic mass is 10.2. The summed E-state index contributed by atoms with van der Waals surface area (Å²) in [6.45, 7) is 2.04. The lowest BCUT2D eigenvalue weighted by Gasteiger charge is -2.08. The molecule has 0 bridgehead atoms. The van der Waals surface area contributed by atoms with Gasteiger partial charge in [0.2, 0.25) is 0 Å². The number of aromatic nitrogens is 1. The number of nitrogens with zero attached hydrogens (tertiary/aromatic N) is 2. The van der Waals surface area contributed by atoms with Gasteiger partial charge < -0.3 is 15.0 Å². The van der Waals surface area contributed by atoms with Crippen LogP contribution in [0.5, 0.6) is 5.75 Å². The van der Waals surface area contributed by atoms with Gasteiger partial charge in [-0.05, 0) is 51.3 Å². The Labute approximate surface area is 124 Å². The fourth-order valence-electron chi connectivity index (χ4n) is 1.84. The van der Waals surface area contributed by atoms with Crippen molar-refractivity contribution in [2.75, 3.05) is 39.6 Å². The van der Waals surface area contributed by atoms with E-state index in [4.69, 9.17) is 4.74 Å². The molecule has 1 N–H and O–H groups in total. The highest BCUT2D eigenvalue weighted by Gasteiger charge is 2.04. The van der Waals surface area contributed by atoms with Gasteiger partial charge in [0.15, 0.2) is 5.13 Å². The smallest absolute Gasteiger partial charge is 0.183 e. The predicted octanol–water partition coefficient (Wildman–Crippen LogP) is 3.18. The minimum atomic E-state index is 0.867. The SMILES string of the molecule is COc1ccc(-c2csc(NCCCN(C)C)n2)cc1. The van der Waals surface area contributed by atoms with Gasteiger partial charge in [0, 0.05) is 17.5 Å². The van der Waals surface area contributed by atoms with Crippen LogP contribution in [0.1, 0.15) is 6.42 Å². The van der Waals surface area contributed by atoms with E-state index in [1.54, 1.807) is 18.4 Å². The molecular formula is C15H21N3OS. The summed E-state index contributed by atoms with van der Waals surface area (Å²) in [5.41, 5.74) is 2.12. The second-order valence-electron chi connectivity index (χ2n) is 4.85. The van der Waals surface area contributed by atoms with Gasteiger partial charge in [-0.1, -0.05) is 0 Å². The standard InChI is InChI=1S/C15H21N3OS/c1-18(2)10-4-9-16-15-17-14(11-20-15)12-5-7-13(19-3)8-6-12/h5-8,11H,4,9-10H2,1-3H3,(H,16,17). The third kappa shape index (κ3) is 4.21. The summed E-state index contributed by atoms with van der Waals surface area (Å²) in [6, 6.07) is 7.98. The number of anilines is 1. The van der Waals surface area contributed by atoms with Crippen molar-refractivity contribution in [2.24, 2.45) is 0 Å². The van der Waals surface area contributed by atoms with Crippen LogP contribution >= 0.6 is 11.3 Å². The van der Waals surface area contributed by atoms with E-state index < -0.39 is 0 Å². The molecule has 1 aromatic heterocycles. The maximum absolute atomic E-state index is 5.16. The largest absolute Gasteiger partial charge is 0.497 e. The Hall–Kier alpha value is -1.59. The Kier molecular flexibility index (Phi) is 5.38. The molecule has 0 aliphatic rings. The van der Waals surface area contributed by atoms with Crippen molar-refractivity contribution < 1.29 is 4.74 Å². The lowest BCUT2D eigenvalue weighted by molar-refractivity contribution is 0.405. The second kappa shape index (κ2) is 7.26. The average Bonchev–Trinajstić information content (AvgIpc) is 2.92. The van der Waals surface area contributed by atoms with Crippen molar-refractivity contribution in [1.29, 1.82) is 0 Å². The fraction of sp³-hybridized carbons (Fsp3) is 0.400. The minimum Gasteiger partial charge on any atom is -0.497 e. The molecule has 2 rings (SSSR count). The lowest BCUT2D eigenvalue weighted by Crippen LogP contribution is -2.16. The summed E-state index contributed by atoms with van der Waals surface area (Å²) in [5.74, 6) is 0.867. The molecule has 0 unspecified atom stereocenters. The van der Waals surface area contributed by atoms with Gasteiger partial charge in [0.25, 0.3) is 0 Å². The van der Waals surface area contributed by atoms with Gasteiger partial charge in [-0.3, -0.25) is 0 Å². The van der Waals surface area contributed by atoms with Crippen molar-refractivity contribution in [3.05, 3.63) is 29.6 Å². The number of rotatable bonds is 7. The number of hydrogen-bond donors (Lipinski definition) is 1. The molecule has 0 radical (unpaired) electrons. The molecule has 4 nitrogen and oxygen atoms in total. The summed E-state index contributed by atoms with van der Waals surface area (Å²) in [7, 11) is 5.85. The third-order valence-corrected chi connectivity index (χ3v) is 3.75. The number of hydrogen-bond acceptors (Lipinski definition) is 5. The van der Waals surface area contributed by atoms with Crippen LogP contribution in [0.4, 0.5) is 5.13 Å². The van der Waals surface area contributed by atoms with E-state index in [0.717, 1.165) is 41.6 Å². The third-order valence-electron chi connectivity index (χ3n) is 2.95. The summed E-state index contributed by atoms with van der Waals surface area (Å²) >= 11 is 1.65. The van der Waals surface area contributed by atoms with E-state index in [1.165, 1.54) is 0 Å². The molecule has 2 aromatic rings. The first kappa shape index (κ1) is 14.8. The molecule has 0 saturated heterocycles. The van der Waals surface area contributed by atoms with Gasteiger partial charge in [0.1, 0.15) is 5.75 Å². The van der Waals surface area contributed by atoms with Crippen LogP contribution in [0.15, 0.2) is 29.6 Å². The zero-order chi connectivity index (χ0) is 14.4. The van der Waals surface area contributed by atoms with Crippen LogP contribution in [-0.4, -0.2) is 44.2 Å². The number of methoxy groups -OCH3 is 1. The van der Waals surface area contributed by atoms with Crippen LogP contribution in [-0.2, 0) is 0 Å². The van der Waals surface area contributed by atoms with Crippen molar-refractivity contribution in [3.8, 4) is 17.0 Å². The molecule has 108 valence electrons. The molecule has 0 aliphatic heterocycles. The summed E-state index contributed by atoms with van der Waals surface area (Å²) in [6.07, 6.45) is 1.12. The van der Waals surface area contributed by atoms with Gasteiger partial charge in [0.05, 0.1) is 12.8 Å². The zero-order valence-electron chi connectivity index (χ0n) is 12.2. The predicted molar refractivity (Wildman–Crippen MR) is 85.8 cm³/mol. The Morgan fingerprint density at radius 1 is 1.25 bits per heavy atom. The van der Waals surface area contributed by atoms with E-state index in [9.17, 15) is 0 Å². The molecule has 1 aromatic carbocycles. The van der Waals surface area contributed by atoms with Gasteiger partial charge in [-0.2, -0.15) is 0 Å². The normalized spacial score (nSPS) is 10.8. The van der Waals surface area contributed by atoms with Gasteiger partial charge in [-0.15, -0.1) is 11.3 Å². The van der Waals surface area contributed by atoms with E-state index in [2.05, 4.69) is 34.7 Å². The van der Waals surface area contributed by atoms with E-state index in [-0.39, 0.29) is 0 Å². The molecule has 0 amide bonds. The Morgan fingerprint density at radius 2 is 2.00 bits per heavy atom. The molecule has 20 heavy (non-hydrogen) atoms. The number of ether oxygens (including phenoxy) is 1. The number of benzene rings is 1. The average molecular weight is 291 g/mol. The number of thiazole rings is 1. The molecule has 0 spiro atoms. The van der Waals surface area contributed by atoms with Gasteiger partial charge >= 0.3 is 0 Å². The molecule has 1 heterocycles. The van der Waals surface area contributed by atoms with Crippen molar-refractivity contribution in [3.63, 3.8) is 0 Å². The van der Waals surface area contributed by atoms with E-state index in [0.29, 0.717) is 0 Å². The quantitative estimate of drug-likeness (QED) is 0.795. The maximum atomic E-state index is 5.16. The molecule has 0 atom stereocenters. The Bertz CT molecular complexity index is 522. The first-order valence-electron chi connectivity index (χ1n) is 6.67. The fourth-order valence-corrected chi connectivity index (χ4v) is 2.59. The molecule has 0 fully saturated rings. The molecule has 5 heteroatoms. The second-order valence-corrected chi connectivity index (χ2v) is 5.71. The van der Waals surface area contributed by atoms with Crippen molar-refractivity contribution >= 4 is 16.5 Å². The van der Waals surface area contributed by atoms with Crippen molar-refractivity contribution in [2.45, 2.75) is 6.42 Å². The van der Waals surface area contributed by atoms with Crippen LogP contribution in [0.3, 0.4) is 0 Å². The summed E-state index contributed by atoms with van der Waals surface area (Å²) < 4.78 is 5.16. The summed E-state index contributed by atoms with van der Waals surface area (Å²) in [4.78, 5) is 6.79. The summed E-state index contributed by atoms with van der Waals surface area (Å²) in [5, 5.41) is 6.43. The van der Waals surface area contributed by atoms with Crippen molar-refractivity contribution in [1.82, 2.24) is 9.88 Å². The van der Waals surface area contributed by atoms with Crippen LogP contribution in [0, 0.1) is 0 Å². The first-order chi connectivity index (χ1) is 9.69. The van der Waals surface area contributed by atoms with Crippen LogP contribution in [0.25, 0.3) is 11.3 Å². The molecular weight excluding hydrogens is 270 g/mol. The monoisotopic (exact) mass is 291 g/mol. The van der Waals surface area contributed by atoms with Crippen LogP contribution in [0.2, 0.25) is 0 Å². The molecule has 0 saturated carbocycles. The topological polar surface area (TPSA) is 37.4 Å². The number of nitrogens with one attached hydrogen (secondary N) is 1. The van der Waals surface area contributed by atoms with Crippen LogP contribution < -0.4 is 10.1 Å². The highest BCUT2D eigenvalue weighted by atomic mass is 32.1. The highest BCUT2D eigenvalue weighted by Crippen LogP contribution is 2.26. The Morgan fingerprint density at radius 3 is 2.65 bits per heavy atom. The van der Waals surface area contributed by atoms with E-state index in [1.807, 2.05) is 24.3 Å². The zero-order valence-corrected chi connectivity index (χ0v) is 13.0. The molecule has 0 aliphatic carbocycles.